The van der Waals surface area contributed by atoms with E-state index in [4.69, 9.17) is 23.2 Å². The molecule has 0 unspecified atom stereocenters. The van der Waals surface area contributed by atoms with Gasteiger partial charge in [-0.2, -0.15) is 0 Å². The molecule has 1 aromatic carbocycles. The van der Waals surface area contributed by atoms with Gasteiger partial charge in [-0.15, -0.1) is 11.6 Å². The molecule has 0 radical (unpaired) electrons. The lowest BCUT2D eigenvalue weighted by atomic mass is 10.2. The van der Waals surface area contributed by atoms with E-state index in [1.807, 2.05) is 18.2 Å². The molecule has 0 spiro atoms. The van der Waals surface area contributed by atoms with Gasteiger partial charge in [-0.3, -0.25) is 13.9 Å². The number of rotatable bonds is 6. The zero-order valence-corrected chi connectivity index (χ0v) is 17.1. The van der Waals surface area contributed by atoms with Crippen LogP contribution in [0.5, 0.6) is 0 Å². The number of nitrogens with zero attached hydrogens (tertiary/aromatic N) is 4. The Balaban J connectivity index is 2.22. The summed E-state index contributed by atoms with van der Waals surface area (Å²) in [6.07, 6.45) is -0.711. The molecule has 0 bridgehead atoms. The molecular formula is C17H18Cl2N4O3S. The number of halogens is 2. The summed E-state index contributed by atoms with van der Waals surface area (Å²) in [5.41, 5.74) is 0.527. The van der Waals surface area contributed by atoms with E-state index in [0.29, 0.717) is 28.0 Å². The van der Waals surface area contributed by atoms with Crippen LogP contribution in [0.25, 0.3) is 11.2 Å². The summed E-state index contributed by atoms with van der Waals surface area (Å²) in [5, 5.41) is 10.9. The highest BCUT2D eigenvalue weighted by Gasteiger charge is 2.20. The van der Waals surface area contributed by atoms with Crippen molar-refractivity contribution in [3.05, 3.63) is 55.7 Å². The molecule has 2 heterocycles. The number of benzene rings is 1. The number of fused-ring (bicyclic) bond motifs is 1. The van der Waals surface area contributed by atoms with E-state index >= 15 is 0 Å². The topological polar surface area (TPSA) is 82.1 Å². The lowest BCUT2D eigenvalue weighted by Gasteiger charge is -2.11. The maximum Gasteiger partial charge on any atom is 0.332 e. The summed E-state index contributed by atoms with van der Waals surface area (Å²) in [4.78, 5) is 29.5. The third-order valence-electron chi connectivity index (χ3n) is 4.18. The lowest BCUT2D eigenvalue weighted by Crippen LogP contribution is -2.37. The Kier molecular flexibility index (Phi) is 6.00. The van der Waals surface area contributed by atoms with Gasteiger partial charge >= 0.3 is 5.69 Å². The van der Waals surface area contributed by atoms with Crippen LogP contribution in [0.2, 0.25) is 5.02 Å². The second-order valence-electron chi connectivity index (χ2n) is 6.07. The number of hydrogen-bond acceptors (Lipinski definition) is 5. The molecule has 0 aliphatic heterocycles. The molecule has 10 heteroatoms. The van der Waals surface area contributed by atoms with Gasteiger partial charge in [0, 0.05) is 30.8 Å². The van der Waals surface area contributed by atoms with E-state index in [0.717, 1.165) is 10.1 Å². The SMILES string of the molecule is Cn1c(=O)c2c(nc(SC[C@H](O)CCl)n2Cc2ccccc2Cl)n(C)c1=O. The van der Waals surface area contributed by atoms with E-state index in [-0.39, 0.29) is 11.5 Å². The number of thioether (sulfide) groups is 1. The van der Waals surface area contributed by atoms with Crippen molar-refractivity contribution in [3.8, 4) is 0 Å². The van der Waals surface area contributed by atoms with Crippen LogP contribution in [0, 0.1) is 0 Å². The van der Waals surface area contributed by atoms with E-state index in [2.05, 4.69) is 4.98 Å². The average Bonchev–Trinajstić information content (AvgIpc) is 3.03. The predicted molar refractivity (Wildman–Crippen MR) is 108 cm³/mol. The van der Waals surface area contributed by atoms with Crippen molar-refractivity contribution < 1.29 is 5.11 Å². The highest BCUT2D eigenvalue weighted by Crippen LogP contribution is 2.25. The number of alkyl halides is 1. The first-order valence-electron chi connectivity index (χ1n) is 8.11. The summed E-state index contributed by atoms with van der Waals surface area (Å²) >= 11 is 13.2. The van der Waals surface area contributed by atoms with Crippen LogP contribution < -0.4 is 11.2 Å². The Labute approximate surface area is 169 Å². The van der Waals surface area contributed by atoms with Crippen molar-refractivity contribution in [3.63, 3.8) is 0 Å². The average molecular weight is 429 g/mol. The number of aryl methyl sites for hydroxylation is 1. The molecule has 0 saturated carbocycles. The van der Waals surface area contributed by atoms with Gasteiger partial charge in [0.05, 0.1) is 12.6 Å². The monoisotopic (exact) mass is 428 g/mol. The van der Waals surface area contributed by atoms with Crippen molar-refractivity contribution in [2.24, 2.45) is 14.1 Å². The normalized spacial score (nSPS) is 12.6. The zero-order valence-electron chi connectivity index (χ0n) is 14.7. The minimum atomic E-state index is -0.711. The third-order valence-corrected chi connectivity index (χ3v) is 6.03. The molecule has 0 aliphatic rings. The van der Waals surface area contributed by atoms with Gasteiger partial charge in [0.15, 0.2) is 16.3 Å². The molecule has 0 aliphatic carbocycles. The number of aliphatic hydroxyl groups is 1. The minimum Gasteiger partial charge on any atom is -0.391 e. The zero-order chi connectivity index (χ0) is 19.7. The number of imidazole rings is 1. The quantitative estimate of drug-likeness (QED) is 0.478. The van der Waals surface area contributed by atoms with Crippen LogP contribution >= 0.6 is 35.0 Å². The van der Waals surface area contributed by atoms with E-state index in [1.165, 1.54) is 23.4 Å². The smallest absolute Gasteiger partial charge is 0.332 e. The van der Waals surface area contributed by atoms with Gasteiger partial charge < -0.3 is 9.67 Å². The Bertz CT molecular complexity index is 1110. The van der Waals surface area contributed by atoms with Gasteiger partial charge in [-0.05, 0) is 11.6 Å². The number of hydrogen-bond donors (Lipinski definition) is 1. The van der Waals surface area contributed by atoms with E-state index in [9.17, 15) is 14.7 Å². The van der Waals surface area contributed by atoms with Crippen molar-refractivity contribution in [2.45, 2.75) is 17.8 Å². The fourth-order valence-electron chi connectivity index (χ4n) is 2.70. The molecular weight excluding hydrogens is 411 g/mol. The van der Waals surface area contributed by atoms with Crippen molar-refractivity contribution in [1.29, 1.82) is 0 Å². The van der Waals surface area contributed by atoms with E-state index in [1.54, 1.807) is 17.7 Å². The first kappa shape index (κ1) is 20.0. The van der Waals surface area contributed by atoms with Crippen molar-refractivity contribution >= 4 is 46.1 Å². The van der Waals surface area contributed by atoms with Gasteiger partial charge in [-0.25, -0.2) is 9.78 Å². The van der Waals surface area contributed by atoms with Gasteiger partial charge in [-0.1, -0.05) is 41.6 Å². The van der Waals surface area contributed by atoms with E-state index < -0.39 is 17.4 Å². The highest BCUT2D eigenvalue weighted by atomic mass is 35.5. The molecule has 2 aromatic heterocycles. The first-order chi connectivity index (χ1) is 12.8. The largest absolute Gasteiger partial charge is 0.391 e. The Hall–Kier alpha value is -1.74. The molecule has 1 N–H and O–H groups in total. The van der Waals surface area contributed by atoms with Crippen molar-refractivity contribution in [1.82, 2.24) is 18.7 Å². The summed E-state index contributed by atoms with van der Waals surface area (Å²) in [6, 6.07) is 7.32. The lowest BCUT2D eigenvalue weighted by molar-refractivity contribution is 0.223. The maximum atomic E-state index is 12.8. The maximum absolute atomic E-state index is 12.8. The third kappa shape index (κ3) is 3.80. The van der Waals surface area contributed by atoms with Crippen LogP contribution in [0.15, 0.2) is 39.0 Å². The molecule has 0 saturated heterocycles. The predicted octanol–water partition coefficient (Wildman–Crippen LogP) is 1.83. The molecule has 27 heavy (non-hydrogen) atoms. The molecule has 1 atom stereocenters. The molecule has 0 amide bonds. The molecule has 3 rings (SSSR count). The van der Waals surface area contributed by atoms with Crippen LogP contribution in [0.1, 0.15) is 5.56 Å². The fraction of sp³-hybridized carbons (Fsp3) is 0.353. The standard InChI is InChI=1S/C17H18Cl2N4O3S/c1-21-14-13(15(25)22(2)17(21)26)23(8-10-5-3-4-6-12(10)19)16(20-14)27-9-11(24)7-18/h3-6,11,24H,7-9H2,1-2H3/t11-/m1/s1. The molecule has 0 fully saturated rings. The second kappa shape index (κ2) is 8.10. The second-order valence-corrected chi connectivity index (χ2v) is 7.77. The fourth-order valence-corrected chi connectivity index (χ4v) is 4.05. The van der Waals surface area contributed by atoms with Crippen molar-refractivity contribution in [2.75, 3.05) is 11.6 Å². The van der Waals surface area contributed by atoms with Gasteiger partial charge in [0.2, 0.25) is 0 Å². The van der Waals surface area contributed by atoms with Gasteiger partial charge in [0.1, 0.15) is 0 Å². The Morgan fingerprint density at radius 3 is 2.59 bits per heavy atom. The van der Waals surface area contributed by atoms with Crippen LogP contribution in [0.4, 0.5) is 0 Å². The molecule has 144 valence electrons. The number of aromatic nitrogens is 4. The highest BCUT2D eigenvalue weighted by molar-refractivity contribution is 7.99. The molecule has 7 nitrogen and oxygen atoms in total. The minimum absolute atomic E-state index is 0.0952. The molecule has 3 aromatic rings. The summed E-state index contributed by atoms with van der Waals surface area (Å²) in [6.45, 7) is 0.308. The first-order valence-corrected chi connectivity index (χ1v) is 10.0. The number of aliphatic hydroxyl groups excluding tert-OH is 1. The summed E-state index contributed by atoms with van der Waals surface area (Å²) in [7, 11) is 3.00. The summed E-state index contributed by atoms with van der Waals surface area (Å²) in [5.74, 6) is 0.404. The Morgan fingerprint density at radius 2 is 1.93 bits per heavy atom. The van der Waals surface area contributed by atoms with Crippen LogP contribution in [-0.4, -0.2) is 41.5 Å². The Morgan fingerprint density at radius 1 is 1.22 bits per heavy atom. The summed E-state index contributed by atoms with van der Waals surface area (Å²) < 4.78 is 4.11. The van der Waals surface area contributed by atoms with Crippen LogP contribution in [-0.2, 0) is 20.6 Å². The van der Waals surface area contributed by atoms with Gasteiger partial charge in [0.25, 0.3) is 5.56 Å². The van der Waals surface area contributed by atoms with Crippen LogP contribution in [0.3, 0.4) is 0 Å².